The molecule has 0 saturated carbocycles. The van der Waals surface area contributed by atoms with Crippen molar-refractivity contribution in [1.29, 1.82) is 0 Å². The normalized spacial score (nSPS) is 16.6. The summed E-state index contributed by atoms with van der Waals surface area (Å²) >= 11 is 0. The van der Waals surface area contributed by atoms with Crippen LogP contribution in [0.25, 0.3) is 0 Å². The van der Waals surface area contributed by atoms with Crippen LogP contribution in [0, 0.1) is 11.8 Å². The van der Waals surface area contributed by atoms with Gasteiger partial charge in [-0.2, -0.15) is 0 Å². The zero-order chi connectivity index (χ0) is 8.69. The van der Waals surface area contributed by atoms with Crippen molar-refractivity contribution in [2.75, 3.05) is 0 Å². The standard InChI is InChI=1S/C10H18O/c1-4-9(2)8-10(3)6-5-7-11/h5-7,9-10H,4,8H2,1-3H3/b6-5+/t9-,10+/m0/s1. The average molecular weight is 154 g/mol. The van der Waals surface area contributed by atoms with Gasteiger partial charge in [-0.3, -0.25) is 4.79 Å². The lowest BCUT2D eigenvalue weighted by Crippen LogP contribution is -1.99. The van der Waals surface area contributed by atoms with E-state index in [2.05, 4.69) is 20.8 Å². The van der Waals surface area contributed by atoms with Gasteiger partial charge in [0.05, 0.1) is 0 Å². The maximum absolute atomic E-state index is 9.98. The molecule has 0 aromatic carbocycles. The van der Waals surface area contributed by atoms with Crippen LogP contribution >= 0.6 is 0 Å². The van der Waals surface area contributed by atoms with Gasteiger partial charge in [-0.15, -0.1) is 0 Å². The van der Waals surface area contributed by atoms with Crippen LogP contribution in [0.5, 0.6) is 0 Å². The van der Waals surface area contributed by atoms with E-state index in [4.69, 9.17) is 0 Å². The molecular weight excluding hydrogens is 136 g/mol. The molecule has 0 radical (unpaired) electrons. The molecule has 0 aliphatic heterocycles. The number of carbonyl (C=O) groups excluding carboxylic acids is 1. The maximum Gasteiger partial charge on any atom is 0.142 e. The molecule has 0 bridgehead atoms. The van der Waals surface area contributed by atoms with Crippen LogP contribution < -0.4 is 0 Å². The Morgan fingerprint density at radius 3 is 2.45 bits per heavy atom. The Hall–Kier alpha value is -0.590. The number of hydrogen-bond acceptors (Lipinski definition) is 1. The minimum absolute atomic E-state index is 0.537. The van der Waals surface area contributed by atoms with Gasteiger partial charge in [-0.1, -0.05) is 33.3 Å². The summed E-state index contributed by atoms with van der Waals surface area (Å²) in [5, 5.41) is 0. The van der Waals surface area contributed by atoms with Gasteiger partial charge in [0.2, 0.25) is 0 Å². The Bertz CT molecular complexity index is 127. The number of hydrogen-bond donors (Lipinski definition) is 0. The van der Waals surface area contributed by atoms with E-state index < -0.39 is 0 Å². The Kier molecular flexibility index (Phi) is 5.81. The van der Waals surface area contributed by atoms with E-state index in [1.54, 1.807) is 6.08 Å². The highest BCUT2D eigenvalue weighted by Crippen LogP contribution is 2.15. The van der Waals surface area contributed by atoms with Gasteiger partial charge in [0.15, 0.2) is 0 Å². The third-order valence-corrected chi connectivity index (χ3v) is 1.99. The second-order valence-electron chi connectivity index (χ2n) is 3.25. The first-order chi connectivity index (χ1) is 5.20. The molecule has 0 aromatic heterocycles. The van der Waals surface area contributed by atoms with Crippen LogP contribution in [-0.2, 0) is 4.79 Å². The quantitative estimate of drug-likeness (QED) is 0.439. The monoisotopic (exact) mass is 154 g/mol. The summed E-state index contributed by atoms with van der Waals surface area (Å²) in [5.41, 5.74) is 0. The van der Waals surface area contributed by atoms with E-state index in [0.29, 0.717) is 5.92 Å². The molecule has 0 rings (SSSR count). The highest BCUT2D eigenvalue weighted by molar-refractivity contribution is 5.64. The first-order valence-corrected chi connectivity index (χ1v) is 4.32. The van der Waals surface area contributed by atoms with Crippen molar-refractivity contribution in [2.45, 2.75) is 33.6 Å². The third kappa shape index (κ3) is 5.84. The van der Waals surface area contributed by atoms with Crippen molar-refractivity contribution in [3.8, 4) is 0 Å². The predicted molar refractivity (Wildman–Crippen MR) is 48.4 cm³/mol. The zero-order valence-corrected chi connectivity index (χ0v) is 7.71. The summed E-state index contributed by atoms with van der Waals surface area (Å²) in [6.45, 7) is 6.58. The maximum atomic E-state index is 9.98. The summed E-state index contributed by atoms with van der Waals surface area (Å²) in [4.78, 5) is 9.98. The largest absolute Gasteiger partial charge is 0.299 e. The number of allylic oxidation sites excluding steroid dienone is 2. The van der Waals surface area contributed by atoms with Crippen LogP contribution in [0.2, 0.25) is 0 Å². The molecule has 0 aliphatic carbocycles. The fourth-order valence-electron chi connectivity index (χ4n) is 1.11. The van der Waals surface area contributed by atoms with Crippen molar-refractivity contribution in [3.63, 3.8) is 0 Å². The third-order valence-electron chi connectivity index (χ3n) is 1.99. The molecule has 0 amide bonds. The van der Waals surface area contributed by atoms with E-state index in [-0.39, 0.29) is 0 Å². The minimum Gasteiger partial charge on any atom is -0.299 e. The van der Waals surface area contributed by atoms with Gasteiger partial charge in [0.1, 0.15) is 6.29 Å². The van der Waals surface area contributed by atoms with E-state index in [1.165, 1.54) is 12.8 Å². The Balaban J connectivity index is 3.58. The van der Waals surface area contributed by atoms with Crippen molar-refractivity contribution in [2.24, 2.45) is 11.8 Å². The molecule has 0 aliphatic rings. The van der Waals surface area contributed by atoms with Crippen LogP contribution in [0.15, 0.2) is 12.2 Å². The van der Waals surface area contributed by atoms with Gasteiger partial charge >= 0.3 is 0 Å². The van der Waals surface area contributed by atoms with E-state index in [9.17, 15) is 4.79 Å². The number of carbonyl (C=O) groups is 1. The SMILES string of the molecule is CC[C@H](C)C[C@H](C)/C=C/C=O. The predicted octanol–water partition coefficient (Wildman–Crippen LogP) is 2.81. The van der Waals surface area contributed by atoms with Crippen molar-refractivity contribution >= 4 is 6.29 Å². The molecule has 0 heterocycles. The average Bonchev–Trinajstić information content (AvgIpc) is 2.00. The smallest absolute Gasteiger partial charge is 0.142 e. The fraction of sp³-hybridized carbons (Fsp3) is 0.700. The molecule has 11 heavy (non-hydrogen) atoms. The zero-order valence-electron chi connectivity index (χ0n) is 7.71. The molecule has 0 spiro atoms. The summed E-state index contributed by atoms with van der Waals surface area (Å²) in [5.74, 6) is 1.30. The highest BCUT2D eigenvalue weighted by Gasteiger charge is 2.02. The van der Waals surface area contributed by atoms with Crippen LogP contribution in [0.1, 0.15) is 33.6 Å². The van der Waals surface area contributed by atoms with Gasteiger partial charge in [0, 0.05) is 0 Å². The summed E-state index contributed by atoms with van der Waals surface area (Å²) in [6, 6.07) is 0. The lowest BCUT2D eigenvalue weighted by molar-refractivity contribution is -0.104. The molecule has 0 aromatic rings. The Morgan fingerprint density at radius 1 is 1.36 bits per heavy atom. The van der Waals surface area contributed by atoms with Crippen LogP contribution in [0.3, 0.4) is 0 Å². The van der Waals surface area contributed by atoms with Crippen molar-refractivity contribution in [3.05, 3.63) is 12.2 Å². The molecule has 0 fully saturated rings. The summed E-state index contributed by atoms with van der Waals surface area (Å²) in [7, 11) is 0. The molecule has 0 unspecified atom stereocenters. The second-order valence-corrected chi connectivity index (χ2v) is 3.25. The molecular formula is C10H18O. The molecule has 1 nitrogen and oxygen atoms in total. The Labute approximate surface area is 69.5 Å². The molecule has 0 N–H and O–H groups in total. The highest BCUT2D eigenvalue weighted by atomic mass is 16.1. The van der Waals surface area contributed by atoms with Crippen molar-refractivity contribution in [1.82, 2.24) is 0 Å². The lowest BCUT2D eigenvalue weighted by atomic mass is 9.95. The minimum atomic E-state index is 0.537. The first-order valence-electron chi connectivity index (χ1n) is 4.32. The van der Waals surface area contributed by atoms with Gasteiger partial charge in [-0.05, 0) is 24.3 Å². The molecule has 1 heteroatoms. The number of rotatable bonds is 5. The lowest BCUT2D eigenvalue weighted by Gasteiger charge is -2.11. The summed E-state index contributed by atoms with van der Waals surface area (Å²) < 4.78 is 0. The number of aldehydes is 1. The topological polar surface area (TPSA) is 17.1 Å². The van der Waals surface area contributed by atoms with E-state index in [0.717, 1.165) is 12.2 Å². The van der Waals surface area contributed by atoms with E-state index >= 15 is 0 Å². The van der Waals surface area contributed by atoms with Crippen LogP contribution in [0.4, 0.5) is 0 Å². The molecule has 2 atom stereocenters. The van der Waals surface area contributed by atoms with Gasteiger partial charge < -0.3 is 0 Å². The van der Waals surface area contributed by atoms with E-state index in [1.807, 2.05) is 6.08 Å². The fourth-order valence-corrected chi connectivity index (χ4v) is 1.11. The van der Waals surface area contributed by atoms with Crippen LogP contribution in [-0.4, -0.2) is 6.29 Å². The second kappa shape index (κ2) is 6.14. The van der Waals surface area contributed by atoms with Gasteiger partial charge in [0.25, 0.3) is 0 Å². The van der Waals surface area contributed by atoms with Gasteiger partial charge in [-0.25, -0.2) is 0 Å². The molecule has 0 saturated heterocycles. The summed E-state index contributed by atoms with van der Waals surface area (Å²) in [6.07, 6.45) is 6.80. The Morgan fingerprint density at radius 2 is 2.00 bits per heavy atom. The first kappa shape index (κ1) is 10.4. The van der Waals surface area contributed by atoms with Crippen molar-refractivity contribution < 1.29 is 4.79 Å². The molecule has 64 valence electrons.